The van der Waals surface area contributed by atoms with Gasteiger partial charge in [-0.2, -0.15) is 0 Å². The van der Waals surface area contributed by atoms with E-state index in [2.05, 4.69) is 10.6 Å². The van der Waals surface area contributed by atoms with E-state index in [0.717, 1.165) is 19.4 Å². The second-order valence-electron chi connectivity index (χ2n) is 5.88. The van der Waals surface area contributed by atoms with E-state index in [-0.39, 0.29) is 12.6 Å². The molecular formula is C13H25N3O4. The minimum absolute atomic E-state index is 0.0942. The van der Waals surface area contributed by atoms with E-state index in [4.69, 9.17) is 15.2 Å². The lowest BCUT2D eigenvalue weighted by atomic mass is 10.2. The lowest BCUT2D eigenvalue weighted by Crippen LogP contribution is -2.51. The van der Waals surface area contributed by atoms with Gasteiger partial charge in [0.1, 0.15) is 11.6 Å². The number of alkyl carbamates (subject to hydrolysis) is 1. The molecule has 2 amide bonds. The molecule has 20 heavy (non-hydrogen) atoms. The van der Waals surface area contributed by atoms with Gasteiger partial charge >= 0.3 is 6.09 Å². The third-order valence-corrected chi connectivity index (χ3v) is 2.81. The van der Waals surface area contributed by atoms with Gasteiger partial charge in [-0.05, 0) is 33.6 Å². The summed E-state index contributed by atoms with van der Waals surface area (Å²) in [4.78, 5) is 22.8. The van der Waals surface area contributed by atoms with Crippen molar-refractivity contribution in [3.8, 4) is 0 Å². The average molecular weight is 287 g/mol. The maximum absolute atomic E-state index is 11.5. The zero-order valence-corrected chi connectivity index (χ0v) is 12.4. The number of carbonyl (C=O) groups is 2. The Labute approximate surface area is 119 Å². The number of primary amides is 1. The second kappa shape index (κ2) is 7.44. The Balaban J connectivity index is 2.31. The molecule has 1 rings (SSSR count). The number of carbonyl (C=O) groups excluding carboxylic acids is 2. The highest BCUT2D eigenvalue weighted by Crippen LogP contribution is 2.10. The smallest absolute Gasteiger partial charge is 0.407 e. The van der Waals surface area contributed by atoms with Crippen LogP contribution in [0.15, 0.2) is 0 Å². The van der Waals surface area contributed by atoms with Gasteiger partial charge in [0.25, 0.3) is 0 Å². The Kier molecular flexibility index (Phi) is 6.22. The van der Waals surface area contributed by atoms with Gasteiger partial charge in [0.2, 0.25) is 5.91 Å². The maximum atomic E-state index is 11.5. The number of hydrogen-bond donors (Lipinski definition) is 3. The molecule has 7 nitrogen and oxygen atoms in total. The average Bonchev–Trinajstić information content (AvgIpc) is 2.78. The summed E-state index contributed by atoms with van der Waals surface area (Å²) in [5.74, 6) is -0.515. The van der Waals surface area contributed by atoms with Gasteiger partial charge in [0, 0.05) is 19.7 Å². The quantitative estimate of drug-likeness (QED) is 0.644. The van der Waals surface area contributed by atoms with Crippen LogP contribution in [0.1, 0.15) is 33.6 Å². The van der Waals surface area contributed by atoms with Gasteiger partial charge in [-0.3, -0.25) is 4.79 Å². The summed E-state index contributed by atoms with van der Waals surface area (Å²) in [6.07, 6.45) is 1.54. The molecule has 1 aliphatic rings. The third-order valence-electron chi connectivity index (χ3n) is 2.81. The summed E-state index contributed by atoms with van der Waals surface area (Å²) in [6, 6.07) is -0.633. The maximum Gasteiger partial charge on any atom is 0.407 e. The number of hydrogen-bond acceptors (Lipinski definition) is 5. The highest BCUT2D eigenvalue weighted by molar-refractivity contribution is 5.81. The zero-order valence-electron chi connectivity index (χ0n) is 12.4. The van der Waals surface area contributed by atoms with Crippen LogP contribution in [0.3, 0.4) is 0 Å². The van der Waals surface area contributed by atoms with E-state index in [1.54, 1.807) is 20.8 Å². The molecule has 0 aromatic heterocycles. The van der Waals surface area contributed by atoms with E-state index in [9.17, 15) is 9.59 Å². The van der Waals surface area contributed by atoms with Gasteiger partial charge in [-0.15, -0.1) is 0 Å². The van der Waals surface area contributed by atoms with Crippen molar-refractivity contribution in [1.29, 1.82) is 0 Å². The molecule has 1 heterocycles. The Hall–Kier alpha value is -1.34. The lowest BCUT2D eigenvalue weighted by molar-refractivity contribution is -0.120. The monoisotopic (exact) mass is 287 g/mol. The standard InChI is InChI=1S/C13H25N3O4/c1-13(2,3)20-12(18)16-8-10(11(14)17)15-7-9-5-4-6-19-9/h9-10,15H,4-8H2,1-3H3,(H2,14,17)(H,16,18). The Morgan fingerprint density at radius 1 is 1.45 bits per heavy atom. The lowest BCUT2D eigenvalue weighted by Gasteiger charge is -2.22. The molecule has 4 N–H and O–H groups in total. The van der Waals surface area contributed by atoms with Crippen LogP contribution in [0.5, 0.6) is 0 Å². The van der Waals surface area contributed by atoms with Crippen molar-refractivity contribution in [3.05, 3.63) is 0 Å². The minimum atomic E-state index is -0.633. The van der Waals surface area contributed by atoms with E-state index >= 15 is 0 Å². The van der Waals surface area contributed by atoms with E-state index < -0.39 is 23.6 Å². The molecular weight excluding hydrogens is 262 g/mol. The molecule has 0 aliphatic carbocycles. The normalized spacial score (nSPS) is 20.4. The summed E-state index contributed by atoms with van der Waals surface area (Å²) < 4.78 is 10.5. The first-order valence-electron chi connectivity index (χ1n) is 6.89. The first-order valence-corrected chi connectivity index (χ1v) is 6.89. The molecule has 0 aromatic rings. The van der Waals surface area contributed by atoms with Gasteiger partial charge < -0.3 is 25.8 Å². The number of amides is 2. The summed E-state index contributed by atoms with van der Waals surface area (Å²) in [5, 5.41) is 5.54. The van der Waals surface area contributed by atoms with Crippen molar-refractivity contribution in [2.24, 2.45) is 5.73 Å². The molecule has 1 fully saturated rings. The van der Waals surface area contributed by atoms with Gasteiger partial charge in [-0.1, -0.05) is 0 Å². The number of nitrogens with one attached hydrogen (secondary N) is 2. The fourth-order valence-corrected chi connectivity index (χ4v) is 1.85. The highest BCUT2D eigenvalue weighted by Gasteiger charge is 2.22. The molecule has 0 aromatic carbocycles. The predicted molar refractivity (Wildman–Crippen MR) is 74.2 cm³/mol. The Morgan fingerprint density at radius 3 is 2.65 bits per heavy atom. The molecule has 2 atom stereocenters. The zero-order chi connectivity index (χ0) is 15.2. The topological polar surface area (TPSA) is 103 Å². The van der Waals surface area contributed by atoms with Crippen molar-refractivity contribution in [2.75, 3.05) is 19.7 Å². The van der Waals surface area contributed by atoms with Crippen molar-refractivity contribution < 1.29 is 19.1 Å². The van der Waals surface area contributed by atoms with E-state index in [1.165, 1.54) is 0 Å². The molecule has 0 bridgehead atoms. The largest absolute Gasteiger partial charge is 0.444 e. The van der Waals surface area contributed by atoms with Crippen LogP contribution in [-0.4, -0.2) is 49.4 Å². The van der Waals surface area contributed by atoms with Crippen molar-refractivity contribution in [2.45, 2.75) is 51.4 Å². The van der Waals surface area contributed by atoms with Crippen molar-refractivity contribution in [3.63, 3.8) is 0 Å². The van der Waals surface area contributed by atoms with Crippen LogP contribution in [0.4, 0.5) is 4.79 Å². The molecule has 116 valence electrons. The van der Waals surface area contributed by atoms with Crippen LogP contribution < -0.4 is 16.4 Å². The van der Waals surface area contributed by atoms with Crippen LogP contribution in [0, 0.1) is 0 Å². The molecule has 7 heteroatoms. The number of ether oxygens (including phenoxy) is 2. The molecule has 1 aliphatic heterocycles. The first-order chi connectivity index (χ1) is 9.28. The minimum Gasteiger partial charge on any atom is -0.444 e. The second-order valence-corrected chi connectivity index (χ2v) is 5.88. The Bertz CT molecular complexity index is 335. The molecule has 2 unspecified atom stereocenters. The van der Waals surface area contributed by atoms with Crippen LogP contribution in [0.25, 0.3) is 0 Å². The molecule has 0 radical (unpaired) electrons. The number of nitrogens with two attached hydrogens (primary N) is 1. The fourth-order valence-electron chi connectivity index (χ4n) is 1.85. The Morgan fingerprint density at radius 2 is 2.15 bits per heavy atom. The SMILES string of the molecule is CC(C)(C)OC(=O)NCC(NCC1CCCO1)C(N)=O. The van der Waals surface area contributed by atoms with Gasteiger partial charge in [0.05, 0.1) is 6.10 Å². The molecule has 0 saturated carbocycles. The van der Waals surface area contributed by atoms with Crippen molar-refractivity contribution >= 4 is 12.0 Å². The summed E-state index contributed by atoms with van der Waals surface area (Å²) >= 11 is 0. The summed E-state index contributed by atoms with van der Waals surface area (Å²) in [6.45, 7) is 6.71. The van der Waals surface area contributed by atoms with E-state index in [1.807, 2.05) is 0 Å². The first kappa shape index (κ1) is 16.7. The fraction of sp³-hybridized carbons (Fsp3) is 0.846. The molecule has 0 spiro atoms. The highest BCUT2D eigenvalue weighted by atomic mass is 16.6. The summed E-state index contributed by atoms with van der Waals surface area (Å²) in [5.41, 5.74) is 4.73. The third kappa shape index (κ3) is 6.72. The predicted octanol–water partition coefficient (Wildman–Crippen LogP) is 0.134. The molecule has 1 saturated heterocycles. The van der Waals surface area contributed by atoms with Crippen molar-refractivity contribution in [1.82, 2.24) is 10.6 Å². The van der Waals surface area contributed by atoms with Gasteiger partial charge in [0.15, 0.2) is 0 Å². The van der Waals surface area contributed by atoms with Crippen LogP contribution in [0.2, 0.25) is 0 Å². The van der Waals surface area contributed by atoms with Crippen LogP contribution in [-0.2, 0) is 14.3 Å². The van der Waals surface area contributed by atoms with Crippen LogP contribution >= 0.6 is 0 Å². The van der Waals surface area contributed by atoms with Gasteiger partial charge in [-0.25, -0.2) is 4.79 Å². The number of rotatable bonds is 6. The summed E-state index contributed by atoms with van der Waals surface area (Å²) in [7, 11) is 0. The van der Waals surface area contributed by atoms with E-state index in [0.29, 0.717) is 6.54 Å².